The van der Waals surface area contributed by atoms with Gasteiger partial charge in [-0.05, 0) is 56.2 Å². The number of carbonyl (C=O) groups excluding carboxylic acids is 1. The van der Waals surface area contributed by atoms with Crippen molar-refractivity contribution in [3.8, 4) is 0 Å². The SMILES string of the molecule is C[C@@H]1CN(C(=O)C2CN([C@H]3CCOC3)C[C@H]2c2ccc(F)cc2F)C[C@H](C)N1c1ccc(F)cc1. The topological polar surface area (TPSA) is 36.0 Å². The van der Waals surface area contributed by atoms with E-state index in [1.165, 1.54) is 24.3 Å². The van der Waals surface area contributed by atoms with Crippen LogP contribution in [0.15, 0.2) is 42.5 Å². The second-order valence-electron chi connectivity index (χ2n) is 10.2. The number of rotatable bonds is 4. The molecule has 0 spiro atoms. The minimum atomic E-state index is -0.618. The quantitative estimate of drug-likeness (QED) is 0.653. The van der Waals surface area contributed by atoms with E-state index in [-0.39, 0.29) is 35.8 Å². The summed E-state index contributed by atoms with van der Waals surface area (Å²) in [6.45, 7) is 7.58. The van der Waals surface area contributed by atoms with E-state index in [0.717, 1.165) is 18.2 Å². The lowest BCUT2D eigenvalue weighted by Gasteiger charge is -2.46. The second kappa shape index (κ2) is 9.82. The lowest BCUT2D eigenvalue weighted by Crippen LogP contribution is -2.59. The molecule has 1 amide bonds. The number of nitrogens with zero attached hydrogens (tertiary/aromatic N) is 3. The Morgan fingerprint density at radius 2 is 1.60 bits per heavy atom. The van der Waals surface area contributed by atoms with Crippen molar-refractivity contribution in [3.63, 3.8) is 0 Å². The average molecular weight is 488 g/mol. The van der Waals surface area contributed by atoms with Crippen LogP contribution in [0.3, 0.4) is 0 Å². The highest BCUT2D eigenvalue weighted by molar-refractivity contribution is 5.81. The number of hydrogen-bond donors (Lipinski definition) is 0. The molecule has 3 heterocycles. The van der Waals surface area contributed by atoms with E-state index in [9.17, 15) is 18.0 Å². The van der Waals surface area contributed by atoms with Gasteiger partial charge in [0.2, 0.25) is 5.91 Å². The van der Waals surface area contributed by atoms with Crippen LogP contribution in [0, 0.1) is 23.4 Å². The average Bonchev–Trinajstić information content (AvgIpc) is 3.49. The zero-order valence-corrected chi connectivity index (χ0v) is 20.2. The van der Waals surface area contributed by atoms with Crippen molar-refractivity contribution in [1.82, 2.24) is 9.80 Å². The van der Waals surface area contributed by atoms with Crippen molar-refractivity contribution in [2.75, 3.05) is 44.3 Å². The van der Waals surface area contributed by atoms with Gasteiger partial charge in [0.1, 0.15) is 17.5 Å². The van der Waals surface area contributed by atoms with Crippen LogP contribution in [-0.2, 0) is 9.53 Å². The van der Waals surface area contributed by atoms with E-state index in [4.69, 9.17) is 4.74 Å². The third kappa shape index (κ3) is 4.78. The van der Waals surface area contributed by atoms with Crippen molar-refractivity contribution in [1.29, 1.82) is 0 Å². The molecule has 3 fully saturated rings. The van der Waals surface area contributed by atoms with E-state index >= 15 is 0 Å². The Hall–Kier alpha value is -2.58. The number of carbonyl (C=O) groups is 1. The minimum Gasteiger partial charge on any atom is -0.380 e. The van der Waals surface area contributed by atoms with Crippen molar-refractivity contribution in [3.05, 3.63) is 65.5 Å². The smallest absolute Gasteiger partial charge is 0.227 e. The standard InChI is InChI=1S/C27H32F3N3O2/c1-17-12-32(13-18(2)33(17)21-6-3-19(28)4-7-21)27(34)25-15-31(22-9-10-35-16-22)14-24(25)23-8-5-20(29)11-26(23)30/h3-8,11,17-18,22,24-25H,9-10,12-16H2,1-2H3/t17-,18+,22-,24-,25?/m0/s1. The molecule has 0 aliphatic carbocycles. The van der Waals surface area contributed by atoms with Crippen molar-refractivity contribution >= 4 is 11.6 Å². The summed E-state index contributed by atoms with van der Waals surface area (Å²) >= 11 is 0. The summed E-state index contributed by atoms with van der Waals surface area (Å²) in [6, 6.07) is 10.4. The van der Waals surface area contributed by atoms with Crippen molar-refractivity contribution in [2.24, 2.45) is 5.92 Å². The summed E-state index contributed by atoms with van der Waals surface area (Å²) in [5.41, 5.74) is 1.33. The van der Waals surface area contributed by atoms with Crippen LogP contribution >= 0.6 is 0 Å². The Bertz CT molecular complexity index is 1050. The molecule has 0 radical (unpaired) electrons. The van der Waals surface area contributed by atoms with Gasteiger partial charge < -0.3 is 14.5 Å². The molecule has 0 bridgehead atoms. The second-order valence-corrected chi connectivity index (χ2v) is 10.2. The van der Waals surface area contributed by atoms with Crippen molar-refractivity contribution < 1.29 is 22.7 Å². The molecule has 5 atom stereocenters. The van der Waals surface area contributed by atoms with Gasteiger partial charge >= 0.3 is 0 Å². The van der Waals surface area contributed by atoms with Crippen LogP contribution in [0.2, 0.25) is 0 Å². The summed E-state index contributed by atoms with van der Waals surface area (Å²) in [4.78, 5) is 20.3. The number of hydrogen-bond acceptors (Lipinski definition) is 4. The van der Waals surface area contributed by atoms with Gasteiger partial charge in [-0.15, -0.1) is 0 Å². The summed E-state index contributed by atoms with van der Waals surface area (Å²) in [6.07, 6.45) is 0.893. The Morgan fingerprint density at radius 3 is 2.23 bits per heavy atom. The van der Waals surface area contributed by atoms with E-state index in [1.807, 2.05) is 4.90 Å². The monoisotopic (exact) mass is 487 g/mol. The molecule has 35 heavy (non-hydrogen) atoms. The van der Waals surface area contributed by atoms with Crippen LogP contribution in [0.25, 0.3) is 0 Å². The van der Waals surface area contributed by atoms with Crippen LogP contribution in [0.1, 0.15) is 31.7 Å². The highest BCUT2D eigenvalue weighted by Crippen LogP contribution is 2.38. The summed E-state index contributed by atoms with van der Waals surface area (Å²) in [7, 11) is 0. The number of piperazine rings is 1. The molecule has 5 nitrogen and oxygen atoms in total. The maximum Gasteiger partial charge on any atom is 0.227 e. The van der Waals surface area contributed by atoms with Gasteiger partial charge in [-0.2, -0.15) is 0 Å². The fourth-order valence-electron chi connectivity index (χ4n) is 6.17. The molecule has 2 aromatic carbocycles. The minimum absolute atomic E-state index is 0.0117. The van der Waals surface area contributed by atoms with E-state index in [2.05, 4.69) is 23.6 Å². The van der Waals surface area contributed by atoms with Crippen LogP contribution < -0.4 is 4.90 Å². The summed E-state index contributed by atoms with van der Waals surface area (Å²) in [5, 5.41) is 0. The first-order chi connectivity index (χ1) is 16.8. The van der Waals surface area contributed by atoms with Gasteiger partial charge in [-0.1, -0.05) is 6.07 Å². The number of ether oxygens (including phenoxy) is 1. The van der Waals surface area contributed by atoms with E-state index < -0.39 is 17.6 Å². The maximum atomic E-state index is 14.8. The number of anilines is 1. The molecular formula is C27H32F3N3O2. The van der Waals surface area contributed by atoms with Crippen molar-refractivity contribution in [2.45, 2.75) is 44.3 Å². The van der Waals surface area contributed by atoms with E-state index in [0.29, 0.717) is 45.0 Å². The van der Waals surface area contributed by atoms with Gasteiger partial charge in [0.05, 0.1) is 12.5 Å². The summed E-state index contributed by atoms with van der Waals surface area (Å²) < 4.78 is 47.4. The predicted molar refractivity (Wildman–Crippen MR) is 128 cm³/mol. The molecule has 5 rings (SSSR count). The van der Waals surface area contributed by atoms with Gasteiger partial charge in [-0.3, -0.25) is 9.69 Å². The zero-order valence-electron chi connectivity index (χ0n) is 20.2. The third-order valence-electron chi connectivity index (χ3n) is 7.80. The molecule has 0 N–H and O–H groups in total. The normalized spacial score (nSPS) is 29.7. The lowest BCUT2D eigenvalue weighted by atomic mass is 9.87. The highest BCUT2D eigenvalue weighted by Gasteiger charge is 2.45. The number of likely N-dealkylation sites (tertiary alicyclic amines) is 1. The van der Waals surface area contributed by atoms with Crippen LogP contribution in [0.4, 0.5) is 18.9 Å². The Labute approximate surface area is 204 Å². The number of halogens is 3. The fourth-order valence-corrected chi connectivity index (χ4v) is 6.17. The number of benzene rings is 2. The predicted octanol–water partition coefficient (Wildman–Crippen LogP) is 4.03. The Morgan fingerprint density at radius 1 is 0.914 bits per heavy atom. The molecule has 3 aliphatic heterocycles. The van der Waals surface area contributed by atoms with Gasteiger partial charge in [0.15, 0.2) is 0 Å². The third-order valence-corrected chi connectivity index (χ3v) is 7.80. The molecule has 0 aromatic heterocycles. The Kier molecular flexibility index (Phi) is 6.77. The lowest BCUT2D eigenvalue weighted by molar-refractivity contribution is -0.137. The van der Waals surface area contributed by atoms with Gasteiger partial charge in [0, 0.05) is 68.6 Å². The molecule has 0 saturated carbocycles. The van der Waals surface area contributed by atoms with E-state index in [1.54, 1.807) is 12.1 Å². The van der Waals surface area contributed by atoms with Gasteiger partial charge in [-0.25, -0.2) is 13.2 Å². The molecular weight excluding hydrogens is 455 g/mol. The molecule has 3 aliphatic rings. The highest BCUT2D eigenvalue weighted by atomic mass is 19.1. The molecule has 2 aromatic rings. The molecule has 3 saturated heterocycles. The maximum absolute atomic E-state index is 14.8. The molecule has 188 valence electrons. The molecule has 1 unspecified atom stereocenters. The summed E-state index contributed by atoms with van der Waals surface area (Å²) in [5.74, 6) is -2.23. The first-order valence-corrected chi connectivity index (χ1v) is 12.4. The first-order valence-electron chi connectivity index (χ1n) is 12.4. The van der Waals surface area contributed by atoms with Gasteiger partial charge in [0.25, 0.3) is 0 Å². The number of amides is 1. The zero-order chi connectivity index (χ0) is 24.7. The van der Waals surface area contributed by atoms with Crippen LogP contribution in [-0.4, -0.2) is 73.2 Å². The Balaban J connectivity index is 1.37. The molecule has 8 heteroatoms. The van der Waals surface area contributed by atoms with Crippen LogP contribution in [0.5, 0.6) is 0 Å². The first kappa shape index (κ1) is 24.1. The largest absolute Gasteiger partial charge is 0.380 e. The fraction of sp³-hybridized carbons (Fsp3) is 0.519.